The molecule has 136 valence electrons. The van der Waals surface area contributed by atoms with Gasteiger partial charge in [0.2, 0.25) is 0 Å². The number of hydrogen-bond donors (Lipinski definition) is 0. The van der Waals surface area contributed by atoms with Crippen LogP contribution in [0.5, 0.6) is 0 Å². The van der Waals surface area contributed by atoms with Gasteiger partial charge < -0.3 is 13.7 Å². The summed E-state index contributed by atoms with van der Waals surface area (Å²) < 4.78 is 10.8. The molecule has 0 bridgehead atoms. The van der Waals surface area contributed by atoms with E-state index in [1.54, 1.807) is 41.0 Å². The van der Waals surface area contributed by atoms with Crippen LogP contribution in [0.1, 0.15) is 22.0 Å². The van der Waals surface area contributed by atoms with Gasteiger partial charge >= 0.3 is 0 Å². The maximum Gasteiger partial charge on any atom is 0.274 e. The lowest BCUT2D eigenvalue weighted by Crippen LogP contribution is -2.30. The van der Waals surface area contributed by atoms with Crippen molar-refractivity contribution >= 4 is 28.8 Å². The highest BCUT2D eigenvalue weighted by molar-refractivity contribution is 7.13. The molecule has 0 unspecified atom stereocenters. The van der Waals surface area contributed by atoms with Gasteiger partial charge in [-0.15, -0.1) is 11.3 Å². The second kappa shape index (κ2) is 7.82. The molecule has 3 aromatic heterocycles. The minimum Gasteiger partial charge on any atom is -0.467 e. The minimum atomic E-state index is -0.188. The van der Waals surface area contributed by atoms with Crippen LogP contribution in [-0.4, -0.2) is 15.8 Å². The molecule has 0 spiro atoms. The molecule has 0 aliphatic heterocycles. The topological polar surface area (TPSA) is 59.5 Å². The molecule has 4 aromatic rings. The van der Waals surface area contributed by atoms with Crippen molar-refractivity contribution in [3.63, 3.8) is 0 Å². The van der Waals surface area contributed by atoms with Crippen molar-refractivity contribution < 1.29 is 13.6 Å². The van der Waals surface area contributed by atoms with Gasteiger partial charge in [0.25, 0.3) is 5.91 Å². The Morgan fingerprint density at radius 2 is 1.74 bits per heavy atom. The van der Waals surface area contributed by atoms with Crippen molar-refractivity contribution in [3.05, 3.63) is 88.7 Å². The molecule has 0 radical (unpaired) electrons. The predicted octanol–water partition coefficient (Wildman–Crippen LogP) is 5.49. The van der Waals surface area contributed by atoms with Gasteiger partial charge in [-0.3, -0.25) is 4.79 Å². The first-order valence-electron chi connectivity index (χ1n) is 8.24. The van der Waals surface area contributed by atoms with Gasteiger partial charge in [-0.05, 0) is 36.4 Å². The number of furan rings is 2. The number of benzene rings is 1. The summed E-state index contributed by atoms with van der Waals surface area (Å²) >= 11 is 7.46. The number of halogens is 1. The molecule has 0 atom stereocenters. The van der Waals surface area contributed by atoms with E-state index in [4.69, 9.17) is 20.4 Å². The lowest BCUT2D eigenvalue weighted by atomic mass is 10.2. The summed E-state index contributed by atoms with van der Waals surface area (Å²) in [6.45, 7) is 0.660. The number of aromatic nitrogens is 1. The average molecular weight is 399 g/mol. The largest absolute Gasteiger partial charge is 0.467 e. The summed E-state index contributed by atoms with van der Waals surface area (Å²) in [5, 5.41) is 3.14. The number of nitrogens with zero attached hydrogens (tertiary/aromatic N) is 2. The van der Waals surface area contributed by atoms with E-state index in [0.29, 0.717) is 35.3 Å². The van der Waals surface area contributed by atoms with E-state index in [0.717, 1.165) is 10.6 Å². The normalized spacial score (nSPS) is 10.9. The summed E-state index contributed by atoms with van der Waals surface area (Å²) in [5.74, 6) is 1.20. The Labute approximate surface area is 164 Å². The molecule has 1 amide bonds. The van der Waals surface area contributed by atoms with Crippen molar-refractivity contribution in [2.45, 2.75) is 13.1 Å². The van der Waals surface area contributed by atoms with Crippen LogP contribution < -0.4 is 0 Å². The third-order valence-corrected chi connectivity index (χ3v) is 5.06. The molecule has 27 heavy (non-hydrogen) atoms. The Bertz CT molecular complexity index is 989. The zero-order valence-corrected chi connectivity index (χ0v) is 15.7. The molecule has 0 aliphatic rings. The number of carbonyl (C=O) groups is 1. The third-order valence-electron chi connectivity index (χ3n) is 3.94. The van der Waals surface area contributed by atoms with E-state index in [1.165, 1.54) is 11.3 Å². The molecule has 0 saturated heterocycles. The van der Waals surface area contributed by atoms with Crippen LogP contribution in [0, 0.1) is 0 Å². The van der Waals surface area contributed by atoms with E-state index < -0.39 is 0 Å². The van der Waals surface area contributed by atoms with Gasteiger partial charge in [0, 0.05) is 16.0 Å². The van der Waals surface area contributed by atoms with E-state index in [9.17, 15) is 4.79 Å². The van der Waals surface area contributed by atoms with Crippen LogP contribution in [0.4, 0.5) is 0 Å². The third kappa shape index (κ3) is 4.13. The van der Waals surface area contributed by atoms with Gasteiger partial charge in [0.1, 0.15) is 22.2 Å². The van der Waals surface area contributed by atoms with Gasteiger partial charge in [-0.2, -0.15) is 0 Å². The fourth-order valence-electron chi connectivity index (χ4n) is 2.67. The molecule has 0 saturated carbocycles. The molecular formula is C20H15ClN2O3S. The van der Waals surface area contributed by atoms with Crippen LogP contribution in [0.2, 0.25) is 5.02 Å². The van der Waals surface area contributed by atoms with Gasteiger partial charge in [0.05, 0.1) is 25.6 Å². The van der Waals surface area contributed by atoms with Crippen LogP contribution in [0.3, 0.4) is 0 Å². The highest BCUT2D eigenvalue weighted by Crippen LogP contribution is 2.27. The summed E-state index contributed by atoms with van der Waals surface area (Å²) in [5.41, 5.74) is 1.27. The molecular weight excluding hydrogens is 384 g/mol. The van der Waals surface area contributed by atoms with Crippen molar-refractivity contribution in [1.29, 1.82) is 0 Å². The van der Waals surface area contributed by atoms with Crippen molar-refractivity contribution in [1.82, 2.24) is 9.88 Å². The van der Waals surface area contributed by atoms with E-state index in [-0.39, 0.29) is 5.91 Å². The molecule has 5 nitrogen and oxygen atoms in total. The van der Waals surface area contributed by atoms with Crippen molar-refractivity contribution in [3.8, 4) is 10.6 Å². The highest BCUT2D eigenvalue weighted by Gasteiger charge is 2.21. The van der Waals surface area contributed by atoms with Crippen molar-refractivity contribution in [2.75, 3.05) is 0 Å². The van der Waals surface area contributed by atoms with E-state index in [1.807, 2.05) is 30.3 Å². The first-order valence-corrected chi connectivity index (χ1v) is 9.50. The summed E-state index contributed by atoms with van der Waals surface area (Å²) in [6.07, 6.45) is 3.18. The zero-order valence-electron chi connectivity index (χ0n) is 14.2. The first kappa shape index (κ1) is 17.6. The summed E-state index contributed by atoms with van der Waals surface area (Å²) in [6, 6.07) is 14.7. The standard InChI is InChI=1S/C20H15ClN2O3S/c21-15-5-1-4-14(10-15)19-22-18(13-27-19)20(24)23(11-16-6-2-8-25-16)12-17-7-3-9-26-17/h1-10,13H,11-12H2. The monoisotopic (exact) mass is 398 g/mol. The molecule has 1 aromatic carbocycles. The fraction of sp³-hybridized carbons (Fsp3) is 0.100. The Morgan fingerprint density at radius 3 is 2.33 bits per heavy atom. The molecule has 4 rings (SSSR count). The second-order valence-electron chi connectivity index (χ2n) is 5.87. The van der Waals surface area contributed by atoms with E-state index in [2.05, 4.69) is 4.98 Å². The van der Waals surface area contributed by atoms with Crippen molar-refractivity contribution in [2.24, 2.45) is 0 Å². The van der Waals surface area contributed by atoms with Crippen LogP contribution >= 0.6 is 22.9 Å². The Kier molecular flexibility index (Phi) is 5.09. The molecule has 3 heterocycles. The molecule has 0 aliphatic carbocycles. The summed E-state index contributed by atoms with van der Waals surface area (Å²) in [7, 11) is 0. The number of thiazole rings is 1. The summed E-state index contributed by atoms with van der Waals surface area (Å²) in [4.78, 5) is 19.2. The second-order valence-corrected chi connectivity index (χ2v) is 7.16. The highest BCUT2D eigenvalue weighted by atomic mass is 35.5. The quantitative estimate of drug-likeness (QED) is 0.430. The molecule has 7 heteroatoms. The lowest BCUT2D eigenvalue weighted by molar-refractivity contribution is 0.0700. The number of amides is 1. The van der Waals surface area contributed by atoms with Crippen LogP contribution in [0.15, 0.2) is 75.3 Å². The fourth-order valence-corrected chi connectivity index (χ4v) is 3.65. The minimum absolute atomic E-state index is 0.188. The molecule has 0 N–H and O–H groups in total. The Hall–Kier alpha value is -2.83. The average Bonchev–Trinajstić information content (AvgIpc) is 3.43. The predicted molar refractivity (Wildman–Crippen MR) is 104 cm³/mol. The number of carbonyl (C=O) groups excluding carboxylic acids is 1. The molecule has 0 fully saturated rings. The van der Waals surface area contributed by atoms with Crippen LogP contribution in [-0.2, 0) is 13.1 Å². The SMILES string of the molecule is O=C(c1csc(-c2cccc(Cl)c2)n1)N(Cc1ccco1)Cc1ccco1. The number of hydrogen-bond acceptors (Lipinski definition) is 5. The van der Waals surface area contributed by atoms with Gasteiger partial charge in [-0.25, -0.2) is 4.98 Å². The van der Waals surface area contributed by atoms with E-state index >= 15 is 0 Å². The maximum atomic E-state index is 13.1. The van der Waals surface area contributed by atoms with Gasteiger partial charge in [0.15, 0.2) is 0 Å². The Morgan fingerprint density at radius 1 is 1.04 bits per heavy atom. The Balaban J connectivity index is 1.59. The van der Waals surface area contributed by atoms with Gasteiger partial charge in [-0.1, -0.05) is 23.7 Å². The lowest BCUT2D eigenvalue weighted by Gasteiger charge is -2.19. The first-order chi connectivity index (χ1) is 13.2. The number of rotatable bonds is 6. The van der Waals surface area contributed by atoms with Crippen LogP contribution in [0.25, 0.3) is 10.6 Å². The smallest absolute Gasteiger partial charge is 0.274 e. The zero-order chi connectivity index (χ0) is 18.6. The maximum absolute atomic E-state index is 13.1.